The zero-order chi connectivity index (χ0) is 19.7. The number of carbonyl (C=O) groups is 1. The highest BCUT2D eigenvalue weighted by molar-refractivity contribution is 9.10. The van der Waals surface area contributed by atoms with Crippen LogP contribution >= 0.6 is 28.1 Å². The van der Waals surface area contributed by atoms with Crippen molar-refractivity contribution in [2.75, 3.05) is 0 Å². The molecule has 0 atom stereocenters. The van der Waals surface area contributed by atoms with Gasteiger partial charge in [0, 0.05) is 22.6 Å². The van der Waals surface area contributed by atoms with E-state index in [1.165, 1.54) is 0 Å². The third-order valence-electron chi connectivity index (χ3n) is 4.88. The number of H-pyrrole nitrogens is 1. The Balaban J connectivity index is 1.59. The maximum absolute atomic E-state index is 13.2. The number of aryl methyl sites for hydroxylation is 1. The fourth-order valence-corrected chi connectivity index (χ4v) is 3.98. The van der Waals surface area contributed by atoms with E-state index in [1.807, 2.05) is 48.2 Å². The fourth-order valence-electron chi connectivity index (χ4n) is 3.33. The molecular weight excluding hydrogens is 436 g/mol. The summed E-state index contributed by atoms with van der Waals surface area (Å²) in [5.74, 6) is 0.758. The van der Waals surface area contributed by atoms with Gasteiger partial charge in [-0.05, 0) is 55.7 Å². The topological polar surface area (TPSA) is 53.9 Å². The summed E-state index contributed by atoms with van der Waals surface area (Å²) in [6.45, 7) is 2.82. The quantitative estimate of drug-likeness (QED) is 0.538. The number of amides is 1. The minimum atomic E-state index is 0.0638. The van der Waals surface area contributed by atoms with Crippen molar-refractivity contribution in [2.24, 2.45) is 0 Å². The predicted octanol–water partition coefficient (Wildman–Crippen LogP) is 4.87. The molecule has 3 aromatic rings. The number of halogens is 1. The molecule has 0 saturated heterocycles. The molecule has 0 aliphatic heterocycles. The van der Waals surface area contributed by atoms with E-state index >= 15 is 0 Å². The molecular formula is C21H21BrN4OS. The summed E-state index contributed by atoms with van der Waals surface area (Å²) < 4.78 is 3.28. The normalized spacial score (nSPS) is 13.5. The van der Waals surface area contributed by atoms with Crippen LogP contribution in [0, 0.1) is 11.7 Å². The second kappa shape index (κ2) is 8.01. The highest BCUT2D eigenvalue weighted by Gasteiger charge is 2.33. The highest BCUT2D eigenvalue weighted by Crippen LogP contribution is 2.29. The lowest BCUT2D eigenvalue weighted by molar-refractivity contribution is -0.133. The van der Waals surface area contributed by atoms with Crippen LogP contribution in [0.3, 0.4) is 0 Å². The fraction of sp³-hybridized carbons (Fsp3) is 0.286. The first-order valence-electron chi connectivity index (χ1n) is 9.27. The molecule has 0 spiro atoms. The van der Waals surface area contributed by atoms with Crippen molar-refractivity contribution in [2.45, 2.75) is 38.9 Å². The van der Waals surface area contributed by atoms with E-state index in [9.17, 15) is 4.79 Å². The van der Waals surface area contributed by atoms with Gasteiger partial charge in [0.2, 0.25) is 5.91 Å². The molecule has 1 aliphatic carbocycles. The molecule has 28 heavy (non-hydrogen) atoms. The predicted molar refractivity (Wildman–Crippen MR) is 115 cm³/mol. The molecule has 0 radical (unpaired) electrons. The Morgan fingerprint density at radius 1 is 1.29 bits per heavy atom. The number of nitrogens with one attached hydrogen (secondary N) is 1. The van der Waals surface area contributed by atoms with Crippen LogP contribution in [0.2, 0.25) is 0 Å². The Morgan fingerprint density at radius 2 is 2.07 bits per heavy atom. The first-order valence-corrected chi connectivity index (χ1v) is 10.5. The number of rotatable bonds is 6. The summed E-state index contributed by atoms with van der Waals surface area (Å²) in [7, 11) is 0. The van der Waals surface area contributed by atoms with Crippen LogP contribution in [-0.4, -0.2) is 31.6 Å². The van der Waals surface area contributed by atoms with Crippen LogP contribution < -0.4 is 0 Å². The summed E-state index contributed by atoms with van der Waals surface area (Å²) in [4.78, 5) is 15.2. The van der Waals surface area contributed by atoms with Gasteiger partial charge in [-0.25, -0.2) is 0 Å². The van der Waals surface area contributed by atoms with Gasteiger partial charge in [0.1, 0.15) is 6.54 Å². The molecule has 1 amide bonds. The van der Waals surface area contributed by atoms with Crippen molar-refractivity contribution < 1.29 is 4.79 Å². The summed E-state index contributed by atoms with van der Waals surface area (Å²) in [6.07, 6.45) is 2.11. The van der Waals surface area contributed by atoms with Gasteiger partial charge >= 0.3 is 0 Å². The van der Waals surface area contributed by atoms with E-state index in [1.54, 1.807) is 4.57 Å². The van der Waals surface area contributed by atoms with Crippen LogP contribution in [0.15, 0.2) is 53.0 Å². The number of nitrogens with zero attached hydrogens (tertiary/aromatic N) is 3. The average Bonchev–Trinajstić information content (AvgIpc) is 3.44. The Bertz CT molecular complexity index is 1070. The molecule has 5 nitrogen and oxygen atoms in total. The van der Waals surface area contributed by atoms with Gasteiger partial charge in [-0.3, -0.25) is 14.5 Å². The molecule has 1 fully saturated rings. The number of carbonyl (C=O) groups excluding carboxylic acids is 1. The minimum absolute atomic E-state index is 0.0638. The van der Waals surface area contributed by atoms with Gasteiger partial charge in [0.05, 0.1) is 0 Å². The molecule has 0 unspecified atom stereocenters. The number of benzene rings is 2. The summed E-state index contributed by atoms with van der Waals surface area (Å²) in [6, 6.07) is 16.5. The molecule has 4 rings (SSSR count). The zero-order valence-corrected chi connectivity index (χ0v) is 18.0. The number of hydrogen-bond acceptors (Lipinski definition) is 3. The molecule has 0 bridgehead atoms. The van der Waals surface area contributed by atoms with Crippen LogP contribution in [0.25, 0.3) is 11.4 Å². The zero-order valence-electron chi connectivity index (χ0n) is 15.6. The van der Waals surface area contributed by atoms with E-state index in [2.05, 4.69) is 38.3 Å². The summed E-state index contributed by atoms with van der Waals surface area (Å²) in [5.41, 5.74) is 3.20. The highest BCUT2D eigenvalue weighted by atomic mass is 79.9. The first kappa shape index (κ1) is 19.1. The Labute approximate surface area is 177 Å². The van der Waals surface area contributed by atoms with Gasteiger partial charge in [-0.15, -0.1) is 0 Å². The molecule has 1 N–H and O–H groups in total. The van der Waals surface area contributed by atoms with E-state index in [0.717, 1.165) is 34.0 Å². The van der Waals surface area contributed by atoms with Gasteiger partial charge in [-0.1, -0.05) is 51.8 Å². The largest absolute Gasteiger partial charge is 0.334 e. The van der Waals surface area contributed by atoms with E-state index in [4.69, 9.17) is 12.2 Å². The maximum atomic E-state index is 13.2. The molecule has 7 heteroatoms. The lowest BCUT2D eigenvalue weighted by atomic mass is 10.1. The number of aromatic amines is 1. The Hall–Kier alpha value is -2.25. The van der Waals surface area contributed by atoms with E-state index in [-0.39, 0.29) is 12.5 Å². The second-order valence-corrected chi connectivity index (χ2v) is 8.49. The molecule has 1 heterocycles. The first-order chi connectivity index (χ1) is 13.5. The number of hydrogen-bond donors (Lipinski definition) is 1. The van der Waals surface area contributed by atoms with Crippen LogP contribution in [0.1, 0.15) is 24.0 Å². The van der Waals surface area contributed by atoms with Crippen molar-refractivity contribution >= 4 is 34.1 Å². The van der Waals surface area contributed by atoms with Gasteiger partial charge in [-0.2, -0.15) is 5.10 Å². The standard InChI is InChI=1S/C21H21BrN4OS/c1-14-4-2-6-16(10-14)20-23-24-21(28)26(20)13-19(27)25(18-8-9-18)12-15-5-3-7-17(22)11-15/h2-7,10-11,18H,8-9,12-13H2,1H3,(H,24,28). The number of aromatic nitrogens is 3. The van der Waals surface area contributed by atoms with Crippen LogP contribution in [-0.2, 0) is 17.9 Å². The van der Waals surface area contributed by atoms with Crippen molar-refractivity contribution in [3.05, 3.63) is 68.9 Å². The lowest BCUT2D eigenvalue weighted by Gasteiger charge is -2.23. The van der Waals surface area contributed by atoms with Crippen molar-refractivity contribution in [1.29, 1.82) is 0 Å². The summed E-state index contributed by atoms with van der Waals surface area (Å²) >= 11 is 8.91. The average molecular weight is 457 g/mol. The third-order valence-corrected chi connectivity index (χ3v) is 5.68. The molecule has 1 saturated carbocycles. The molecule has 144 valence electrons. The van der Waals surface area contributed by atoms with Gasteiger partial charge < -0.3 is 4.90 Å². The monoisotopic (exact) mass is 456 g/mol. The molecule has 1 aliphatic rings. The van der Waals surface area contributed by atoms with E-state index < -0.39 is 0 Å². The minimum Gasteiger partial charge on any atom is -0.334 e. The lowest BCUT2D eigenvalue weighted by Crippen LogP contribution is -2.35. The van der Waals surface area contributed by atoms with Crippen LogP contribution in [0.5, 0.6) is 0 Å². The van der Waals surface area contributed by atoms with Gasteiger partial charge in [0.25, 0.3) is 0 Å². The summed E-state index contributed by atoms with van der Waals surface area (Å²) in [5, 5.41) is 7.20. The SMILES string of the molecule is Cc1cccc(-c2n[nH]c(=S)n2CC(=O)N(Cc2cccc(Br)c2)C2CC2)c1. The van der Waals surface area contributed by atoms with Crippen LogP contribution in [0.4, 0.5) is 0 Å². The third kappa shape index (κ3) is 4.25. The smallest absolute Gasteiger partial charge is 0.243 e. The molecule has 1 aromatic heterocycles. The molecule has 2 aromatic carbocycles. The maximum Gasteiger partial charge on any atom is 0.243 e. The van der Waals surface area contributed by atoms with Crippen molar-refractivity contribution in [1.82, 2.24) is 19.7 Å². The van der Waals surface area contributed by atoms with Crippen molar-refractivity contribution in [3.63, 3.8) is 0 Å². The Kier molecular flexibility index (Phi) is 5.46. The second-order valence-electron chi connectivity index (χ2n) is 7.19. The Morgan fingerprint density at radius 3 is 2.79 bits per heavy atom. The van der Waals surface area contributed by atoms with Crippen molar-refractivity contribution in [3.8, 4) is 11.4 Å². The van der Waals surface area contributed by atoms with Gasteiger partial charge in [0.15, 0.2) is 10.6 Å². The van der Waals surface area contributed by atoms with E-state index in [0.29, 0.717) is 23.2 Å².